The van der Waals surface area contributed by atoms with Gasteiger partial charge in [-0.25, -0.2) is 0 Å². The van der Waals surface area contributed by atoms with Crippen LogP contribution in [0, 0.1) is 13.8 Å². The van der Waals surface area contributed by atoms with Crippen molar-refractivity contribution in [2.24, 2.45) is 0 Å². The summed E-state index contributed by atoms with van der Waals surface area (Å²) in [5.74, 6) is 0.474. The number of hydrogen-bond donors (Lipinski definition) is 1. The zero-order valence-corrected chi connectivity index (χ0v) is 17.3. The van der Waals surface area contributed by atoms with Crippen LogP contribution in [0.15, 0.2) is 24.3 Å². The maximum absolute atomic E-state index is 13.2. The van der Waals surface area contributed by atoms with E-state index in [9.17, 15) is 4.79 Å². The van der Waals surface area contributed by atoms with Gasteiger partial charge in [-0.05, 0) is 44.2 Å². The lowest BCUT2D eigenvalue weighted by Crippen LogP contribution is -2.18. The Balaban J connectivity index is 2.33. The number of pyridine rings is 1. The van der Waals surface area contributed by atoms with Crippen molar-refractivity contribution in [2.45, 2.75) is 66.7 Å². The van der Waals surface area contributed by atoms with Crippen molar-refractivity contribution < 1.29 is 9.53 Å². The molecular weight excluding hydrogens is 336 g/mol. The van der Waals surface area contributed by atoms with Crippen LogP contribution in [-0.4, -0.2) is 17.5 Å². The number of benzene rings is 1. The summed E-state index contributed by atoms with van der Waals surface area (Å²) in [5, 5.41) is 3.14. The van der Waals surface area contributed by atoms with Gasteiger partial charge in [0, 0.05) is 17.4 Å². The zero-order valence-electron chi connectivity index (χ0n) is 17.3. The van der Waals surface area contributed by atoms with E-state index in [4.69, 9.17) is 4.74 Å². The van der Waals surface area contributed by atoms with Gasteiger partial charge in [-0.1, -0.05) is 51.8 Å². The first-order chi connectivity index (χ1) is 13.0. The number of anilines is 1. The van der Waals surface area contributed by atoms with Gasteiger partial charge >= 0.3 is 0 Å². The number of carbonyl (C=O) groups excluding carboxylic acids is 1. The Hall–Kier alpha value is -2.36. The van der Waals surface area contributed by atoms with Crippen LogP contribution in [0.5, 0.6) is 5.75 Å². The Kier molecular flexibility index (Phi) is 7.83. The monoisotopic (exact) mass is 368 g/mol. The lowest BCUT2D eigenvalue weighted by molar-refractivity contribution is 0.102. The number of ether oxygens (including phenoxy) is 1. The van der Waals surface area contributed by atoms with Gasteiger partial charge in [0.15, 0.2) is 0 Å². The molecule has 0 fully saturated rings. The maximum atomic E-state index is 13.2. The third kappa shape index (κ3) is 5.31. The topological polar surface area (TPSA) is 51.2 Å². The molecule has 0 bridgehead atoms. The van der Waals surface area contributed by atoms with E-state index in [-0.39, 0.29) is 5.91 Å². The molecule has 4 heteroatoms. The summed E-state index contributed by atoms with van der Waals surface area (Å²) in [6.45, 7) is 10.8. The highest BCUT2D eigenvalue weighted by Gasteiger charge is 2.20. The van der Waals surface area contributed by atoms with Crippen molar-refractivity contribution in [3.63, 3.8) is 0 Å². The van der Waals surface area contributed by atoms with Crippen molar-refractivity contribution in [2.75, 3.05) is 11.9 Å². The molecule has 1 aromatic carbocycles. The molecule has 1 amide bonds. The summed E-state index contributed by atoms with van der Waals surface area (Å²) < 4.78 is 5.97. The number of nitrogens with one attached hydrogen (secondary N) is 1. The van der Waals surface area contributed by atoms with Gasteiger partial charge in [-0.15, -0.1) is 0 Å². The highest BCUT2D eigenvalue weighted by atomic mass is 16.5. The molecule has 2 rings (SSSR count). The molecule has 0 aliphatic rings. The Morgan fingerprint density at radius 2 is 1.74 bits per heavy atom. The molecule has 0 radical (unpaired) electrons. The lowest BCUT2D eigenvalue weighted by atomic mass is 10.0. The van der Waals surface area contributed by atoms with Crippen LogP contribution >= 0.6 is 0 Å². The number of nitrogens with zero attached hydrogens (tertiary/aromatic N) is 1. The summed E-state index contributed by atoms with van der Waals surface area (Å²) >= 11 is 0. The van der Waals surface area contributed by atoms with Crippen LogP contribution in [0.3, 0.4) is 0 Å². The van der Waals surface area contributed by atoms with Crippen molar-refractivity contribution in [3.8, 4) is 5.75 Å². The van der Waals surface area contributed by atoms with Gasteiger partial charge in [0.05, 0.1) is 12.3 Å². The van der Waals surface area contributed by atoms with Gasteiger partial charge in [0.25, 0.3) is 5.91 Å². The molecule has 0 atom stereocenters. The average molecular weight is 369 g/mol. The number of amides is 1. The van der Waals surface area contributed by atoms with E-state index in [1.54, 1.807) is 0 Å². The highest BCUT2D eigenvalue weighted by molar-refractivity contribution is 6.07. The van der Waals surface area contributed by atoms with E-state index in [0.29, 0.717) is 23.6 Å². The minimum atomic E-state index is -0.152. The molecule has 0 aliphatic heterocycles. The second-order valence-electron chi connectivity index (χ2n) is 6.89. The lowest BCUT2D eigenvalue weighted by Gasteiger charge is -2.17. The maximum Gasteiger partial charge on any atom is 0.261 e. The van der Waals surface area contributed by atoms with Gasteiger partial charge in [0.1, 0.15) is 11.3 Å². The average Bonchev–Trinajstić information content (AvgIpc) is 2.64. The quantitative estimate of drug-likeness (QED) is 0.582. The van der Waals surface area contributed by atoms with E-state index in [2.05, 4.69) is 43.2 Å². The van der Waals surface area contributed by atoms with E-state index in [1.807, 2.05) is 26.0 Å². The van der Waals surface area contributed by atoms with Crippen LogP contribution < -0.4 is 10.1 Å². The molecule has 27 heavy (non-hydrogen) atoms. The fourth-order valence-electron chi connectivity index (χ4n) is 3.30. The van der Waals surface area contributed by atoms with Crippen molar-refractivity contribution in [1.29, 1.82) is 0 Å². The molecule has 0 saturated carbocycles. The molecule has 1 heterocycles. The summed E-state index contributed by atoms with van der Waals surface area (Å²) in [4.78, 5) is 17.6. The smallest absolute Gasteiger partial charge is 0.261 e. The Labute approximate surface area is 163 Å². The SMILES string of the molecule is CCCCCOc1cc(C)nc(C)c1C(=O)Nc1c(CC)cccc1CC. The summed E-state index contributed by atoms with van der Waals surface area (Å²) in [6.07, 6.45) is 4.98. The molecule has 0 unspecified atom stereocenters. The molecule has 146 valence electrons. The van der Waals surface area contributed by atoms with E-state index < -0.39 is 0 Å². The Morgan fingerprint density at radius 3 is 2.33 bits per heavy atom. The van der Waals surface area contributed by atoms with Crippen LogP contribution in [0.25, 0.3) is 0 Å². The molecule has 0 saturated heterocycles. The first-order valence-electron chi connectivity index (χ1n) is 10.0. The van der Waals surface area contributed by atoms with E-state index in [0.717, 1.165) is 54.6 Å². The molecule has 1 aromatic heterocycles. The second-order valence-corrected chi connectivity index (χ2v) is 6.89. The first-order valence-corrected chi connectivity index (χ1v) is 10.0. The van der Waals surface area contributed by atoms with Crippen LogP contribution in [0.1, 0.15) is 72.9 Å². The normalized spacial score (nSPS) is 10.7. The minimum absolute atomic E-state index is 0.152. The number of unbranched alkanes of at least 4 members (excludes halogenated alkanes) is 2. The molecule has 4 nitrogen and oxygen atoms in total. The van der Waals surface area contributed by atoms with Gasteiger partial charge in [-0.2, -0.15) is 0 Å². The molecule has 2 aromatic rings. The predicted octanol–water partition coefficient (Wildman–Crippen LogP) is 5.64. The minimum Gasteiger partial charge on any atom is -0.493 e. The Morgan fingerprint density at radius 1 is 1.07 bits per heavy atom. The van der Waals surface area contributed by atoms with Crippen LogP contribution in [0.2, 0.25) is 0 Å². The third-order valence-corrected chi connectivity index (χ3v) is 4.76. The van der Waals surface area contributed by atoms with Gasteiger partial charge in [0.2, 0.25) is 0 Å². The fraction of sp³-hybridized carbons (Fsp3) is 0.478. The summed E-state index contributed by atoms with van der Waals surface area (Å²) in [6, 6.07) is 8.04. The largest absolute Gasteiger partial charge is 0.493 e. The molecule has 0 spiro atoms. The summed E-state index contributed by atoms with van der Waals surface area (Å²) in [5.41, 5.74) is 5.30. The zero-order chi connectivity index (χ0) is 19.8. The Bertz CT molecular complexity index is 762. The molecule has 1 N–H and O–H groups in total. The van der Waals surface area contributed by atoms with E-state index >= 15 is 0 Å². The first kappa shape index (κ1) is 20.9. The van der Waals surface area contributed by atoms with Gasteiger partial charge in [-0.3, -0.25) is 9.78 Å². The highest BCUT2D eigenvalue weighted by Crippen LogP contribution is 2.27. The van der Waals surface area contributed by atoms with Gasteiger partial charge < -0.3 is 10.1 Å². The fourth-order valence-corrected chi connectivity index (χ4v) is 3.30. The summed E-state index contributed by atoms with van der Waals surface area (Å²) in [7, 11) is 0. The van der Waals surface area contributed by atoms with Crippen molar-refractivity contribution in [3.05, 3.63) is 52.3 Å². The third-order valence-electron chi connectivity index (χ3n) is 4.76. The van der Waals surface area contributed by atoms with Crippen molar-refractivity contribution >= 4 is 11.6 Å². The number of para-hydroxylation sites is 1. The van der Waals surface area contributed by atoms with E-state index in [1.165, 1.54) is 0 Å². The predicted molar refractivity (Wildman–Crippen MR) is 112 cm³/mol. The number of carbonyl (C=O) groups is 1. The van der Waals surface area contributed by atoms with Crippen LogP contribution in [0.4, 0.5) is 5.69 Å². The van der Waals surface area contributed by atoms with Crippen molar-refractivity contribution in [1.82, 2.24) is 4.98 Å². The van der Waals surface area contributed by atoms with Crippen LogP contribution in [-0.2, 0) is 12.8 Å². The molecular formula is C23H32N2O2. The number of aromatic nitrogens is 1. The number of rotatable bonds is 9. The number of aryl methyl sites for hydroxylation is 4. The standard InChI is InChI=1S/C23H32N2O2/c1-6-9-10-14-27-20-15-16(4)24-17(5)21(20)23(26)25-22-18(7-2)12-11-13-19(22)8-3/h11-13,15H,6-10,14H2,1-5H3,(H,25,26). The molecule has 0 aliphatic carbocycles. The number of hydrogen-bond acceptors (Lipinski definition) is 3. The second kappa shape index (κ2) is 10.1.